The van der Waals surface area contributed by atoms with Crippen LogP contribution in [0.25, 0.3) is 0 Å². The number of aryl methyl sites for hydroxylation is 1. The van der Waals surface area contributed by atoms with E-state index < -0.39 is 11.7 Å². The molecule has 0 saturated carbocycles. The maximum Gasteiger partial charge on any atom is 0.259 e. The Kier molecular flexibility index (Phi) is 5.42. The quantitative estimate of drug-likeness (QED) is 0.713. The first-order chi connectivity index (χ1) is 14.5. The highest BCUT2D eigenvalue weighted by Gasteiger charge is 2.25. The minimum atomic E-state index is -0.449. The first-order valence-corrected chi connectivity index (χ1v) is 9.56. The summed E-state index contributed by atoms with van der Waals surface area (Å²) >= 11 is 0. The molecule has 1 N–H and O–H groups in total. The van der Waals surface area contributed by atoms with Gasteiger partial charge in [0.05, 0.1) is 24.0 Å². The normalized spacial score (nSPS) is 13.4. The summed E-state index contributed by atoms with van der Waals surface area (Å²) in [6.07, 6.45) is 3.70. The summed E-state index contributed by atoms with van der Waals surface area (Å²) in [5.41, 5.74) is 1.02. The van der Waals surface area contributed by atoms with E-state index in [-0.39, 0.29) is 24.6 Å². The van der Waals surface area contributed by atoms with Gasteiger partial charge in [-0.3, -0.25) is 19.1 Å². The molecule has 8 nitrogen and oxygen atoms in total. The fourth-order valence-electron chi connectivity index (χ4n) is 3.45. The SMILES string of the molecule is O=C(Nc1cccc(F)c1)c1cnn2c1CN(C(=O)Cn1ccccc1=O)CCC2. The summed E-state index contributed by atoms with van der Waals surface area (Å²) in [4.78, 5) is 39.1. The van der Waals surface area contributed by atoms with E-state index in [1.165, 1.54) is 35.0 Å². The molecule has 2 amide bonds. The lowest BCUT2D eigenvalue weighted by Crippen LogP contribution is -2.36. The van der Waals surface area contributed by atoms with Crippen LogP contribution in [0.4, 0.5) is 10.1 Å². The largest absolute Gasteiger partial charge is 0.335 e. The van der Waals surface area contributed by atoms with Crippen molar-refractivity contribution in [2.75, 3.05) is 11.9 Å². The molecular formula is C21H20FN5O3. The number of hydrogen-bond donors (Lipinski definition) is 1. The van der Waals surface area contributed by atoms with E-state index in [9.17, 15) is 18.8 Å². The Morgan fingerprint density at radius 2 is 2.00 bits per heavy atom. The summed E-state index contributed by atoms with van der Waals surface area (Å²) in [5.74, 6) is -1.08. The standard InChI is InChI=1S/C21H20FN5O3/c22-15-5-3-6-16(11-15)24-21(30)17-12-23-27-10-4-9-25(13-18(17)27)20(29)14-26-8-2-1-7-19(26)28/h1-3,5-8,11-12H,4,9-10,13-14H2,(H,24,30). The third kappa shape index (κ3) is 4.14. The van der Waals surface area contributed by atoms with Crippen LogP contribution in [0.2, 0.25) is 0 Å². The highest BCUT2D eigenvalue weighted by molar-refractivity contribution is 6.05. The van der Waals surface area contributed by atoms with Gasteiger partial charge in [0.1, 0.15) is 12.4 Å². The zero-order valence-corrected chi connectivity index (χ0v) is 16.1. The first kappa shape index (κ1) is 19.6. The van der Waals surface area contributed by atoms with Gasteiger partial charge in [0.2, 0.25) is 5.91 Å². The van der Waals surface area contributed by atoms with E-state index in [1.54, 1.807) is 34.0 Å². The van der Waals surface area contributed by atoms with E-state index in [1.807, 2.05) is 0 Å². The van der Waals surface area contributed by atoms with E-state index in [4.69, 9.17) is 0 Å². The van der Waals surface area contributed by atoms with Gasteiger partial charge in [-0.15, -0.1) is 0 Å². The van der Waals surface area contributed by atoms with E-state index in [2.05, 4.69) is 10.4 Å². The number of anilines is 1. The summed E-state index contributed by atoms with van der Waals surface area (Å²) in [6, 6.07) is 10.3. The predicted octanol–water partition coefficient (Wildman–Crippen LogP) is 1.87. The molecule has 2 aromatic heterocycles. The minimum Gasteiger partial charge on any atom is -0.335 e. The van der Waals surface area contributed by atoms with Gasteiger partial charge < -0.3 is 14.8 Å². The van der Waals surface area contributed by atoms with E-state index in [0.717, 1.165) is 0 Å². The van der Waals surface area contributed by atoms with Crippen molar-refractivity contribution in [2.24, 2.45) is 0 Å². The predicted molar refractivity (Wildman–Crippen MR) is 107 cm³/mol. The van der Waals surface area contributed by atoms with Crippen molar-refractivity contribution in [3.8, 4) is 0 Å². The molecule has 0 aliphatic carbocycles. The van der Waals surface area contributed by atoms with Crippen molar-refractivity contribution < 1.29 is 14.0 Å². The number of rotatable bonds is 4. The number of nitrogens with zero attached hydrogens (tertiary/aromatic N) is 4. The van der Waals surface area contributed by atoms with Gasteiger partial charge in [0.25, 0.3) is 11.5 Å². The topological polar surface area (TPSA) is 89.2 Å². The molecule has 1 aromatic carbocycles. The maximum atomic E-state index is 13.4. The molecule has 0 bridgehead atoms. The lowest BCUT2D eigenvalue weighted by atomic mass is 10.2. The molecule has 1 aliphatic rings. The fourth-order valence-corrected chi connectivity index (χ4v) is 3.45. The van der Waals surface area contributed by atoms with Gasteiger partial charge in [0, 0.05) is 31.0 Å². The number of halogens is 1. The van der Waals surface area contributed by atoms with Crippen molar-refractivity contribution in [3.05, 3.63) is 82.3 Å². The van der Waals surface area contributed by atoms with Gasteiger partial charge in [-0.2, -0.15) is 5.10 Å². The molecule has 0 unspecified atom stereocenters. The molecule has 0 atom stereocenters. The lowest BCUT2D eigenvalue weighted by Gasteiger charge is -2.21. The zero-order valence-electron chi connectivity index (χ0n) is 16.1. The Balaban J connectivity index is 1.53. The molecule has 0 fully saturated rings. The molecule has 30 heavy (non-hydrogen) atoms. The van der Waals surface area contributed by atoms with Crippen molar-refractivity contribution in [1.29, 1.82) is 0 Å². The number of amides is 2. The van der Waals surface area contributed by atoms with Crippen molar-refractivity contribution in [1.82, 2.24) is 19.2 Å². The fraction of sp³-hybridized carbons (Fsp3) is 0.238. The van der Waals surface area contributed by atoms with E-state index in [0.29, 0.717) is 36.5 Å². The second-order valence-corrected chi connectivity index (χ2v) is 7.03. The first-order valence-electron chi connectivity index (χ1n) is 9.56. The average Bonchev–Trinajstić information content (AvgIpc) is 2.99. The number of carbonyl (C=O) groups excluding carboxylic acids is 2. The van der Waals surface area contributed by atoms with Gasteiger partial charge in [0.15, 0.2) is 0 Å². The molecular weight excluding hydrogens is 389 g/mol. The van der Waals surface area contributed by atoms with Crippen LogP contribution in [0.5, 0.6) is 0 Å². The number of carbonyl (C=O) groups is 2. The highest BCUT2D eigenvalue weighted by atomic mass is 19.1. The molecule has 1 aliphatic heterocycles. The molecule has 0 spiro atoms. The second kappa shape index (κ2) is 8.32. The van der Waals surface area contributed by atoms with Gasteiger partial charge in [-0.1, -0.05) is 12.1 Å². The average molecular weight is 409 g/mol. The van der Waals surface area contributed by atoms with Gasteiger partial charge in [-0.25, -0.2) is 4.39 Å². The van der Waals surface area contributed by atoms with Crippen LogP contribution in [0.1, 0.15) is 22.5 Å². The van der Waals surface area contributed by atoms with Gasteiger partial charge >= 0.3 is 0 Å². The van der Waals surface area contributed by atoms with Crippen molar-refractivity contribution in [2.45, 2.75) is 26.1 Å². The van der Waals surface area contributed by atoms with Crippen LogP contribution < -0.4 is 10.9 Å². The monoisotopic (exact) mass is 409 g/mol. The number of pyridine rings is 1. The molecule has 4 rings (SSSR count). The highest BCUT2D eigenvalue weighted by Crippen LogP contribution is 2.19. The summed E-state index contributed by atoms with van der Waals surface area (Å²) in [7, 11) is 0. The molecule has 0 radical (unpaired) electrons. The number of hydrogen-bond acceptors (Lipinski definition) is 4. The van der Waals surface area contributed by atoms with Crippen LogP contribution in [0, 0.1) is 5.82 Å². The van der Waals surface area contributed by atoms with Crippen LogP contribution in [0.15, 0.2) is 59.7 Å². The molecule has 3 aromatic rings. The minimum absolute atomic E-state index is 0.0708. The Hall–Kier alpha value is -3.75. The maximum absolute atomic E-state index is 13.4. The Labute approximate surface area is 171 Å². The van der Waals surface area contributed by atoms with Crippen LogP contribution in [0.3, 0.4) is 0 Å². The third-order valence-electron chi connectivity index (χ3n) is 4.97. The second-order valence-electron chi connectivity index (χ2n) is 7.03. The van der Waals surface area contributed by atoms with Crippen molar-refractivity contribution in [3.63, 3.8) is 0 Å². The van der Waals surface area contributed by atoms with E-state index >= 15 is 0 Å². The van der Waals surface area contributed by atoms with Crippen LogP contribution in [-0.2, 0) is 24.4 Å². The molecule has 9 heteroatoms. The Morgan fingerprint density at radius 1 is 1.13 bits per heavy atom. The number of fused-ring (bicyclic) bond motifs is 1. The zero-order chi connectivity index (χ0) is 21.1. The number of nitrogens with one attached hydrogen (secondary N) is 1. The summed E-state index contributed by atoms with van der Waals surface area (Å²) in [6.45, 7) is 1.19. The lowest BCUT2D eigenvalue weighted by molar-refractivity contribution is -0.132. The summed E-state index contributed by atoms with van der Waals surface area (Å²) in [5, 5.41) is 6.94. The Bertz CT molecular complexity index is 1150. The number of benzene rings is 1. The third-order valence-corrected chi connectivity index (χ3v) is 4.97. The van der Waals surface area contributed by atoms with Crippen LogP contribution >= 0.6 is 0 Å². The van der Waals surface area contributed by atoms with Crippen LogP contribution in [-0.4, -0.2) is 37.6 Å². The van der Waals surface area contributed by atoms with Gasteiger partial charge in [-0.05, 0) is 30.7 Å². The summed E-state index contributed by atoms with van der Waals surface area (Å²) < 4.78 is 16.5. The Morgan fingerprint density at radius 3 is 2.80 bits per heavy atom. The molecule has 3 heterocycles. The molecule has 154 valence electrons. The molecule has 0 saturated heterocycles. The number of aromatic nitrogens is 3. The smallest absolute Gasteiger partial charge is 0.259 e. The van der Waals surface area contributed by atoms with Crippen molar-refractivity contribution >= 4 is 17.5 Å².